The molecular formula is C30H38FN5O4. The van der Waals surface area contributed by atoms with Gasteiger partial charge in [0.1, 0.15) is 23.5 Å². The first-order valence-electron chi connectivity index (χ1n) is 13.7. The maximum atomic E-state index is 15.2. The second-order valence-electron chi connectivity index (χ2n) is 12.0. The molecule has 4 rings (SSSR count). The summed E-state index contributed by atoms with van der Waals surface area (Å²) in [5, 5.41) is 12.5. The van der Waals surface area contributed by atoms with Crippen molar-refractivity contribution in [3.63, 3.8) is 0 Å². The quantitative estimate of drug-likeness (QED) is 0.538. The molecule has 2 bridgehead atoms. The number of rotatable bonds is 8. The van der Waals surface area contributed by atoms with Gasteiger partial charge in [-0.05, 0) is 88.9 Å². The van der Waals surface area contributed by atoms with Gasteiger partial charge in [0, 0.05) is 37.8 Å². The standard InChI is InChI=1S/C30H38FN5O4/c1-30(2,3)40-29(39)36-24-10-8-21(15-24)27(36)28(38)33-23(17-32)14-20-7-6-19(16-25(20)31)22-9-11-26(37)35(18-22)13-12-34(4)5/h6-7,9,11,16,18,21,23-24,27H,8,10,12-15H2,1-5H3,(H,33,38)/t21?,23-,24?,27?/m0/s1. The van der Waals surface area contributed by atoms with Crippen LogP contribution in [0.3, 0.4) is 0 Å². The van der Waals surface area contributed by atoms with Crippen molar-refractivity contribution in [2.24, 2.45) is 5.92 Å². The SMILES string of the molecule is CN(C)CCn1cc(-c2ccc(C[C@@H](C#N)NC(=O)C3C4CCC(C4)N3C(=O)OC(C)(C)C)c(F)c2)ccc1=O. The second kappa shape index (κ2) is 11.8. The summed E-state index contributed by atoms with van der Waals surface area (Å²) in [4.78, 5) is 41.9. The molecule has 1 aliphatic heterocycles. The maximum Gasteiger partial charge on any atom is 0.411 e. The number of carbonyl (C=O) groups is 2. The fraction of sp³-hybridized carbons (Fsp3) is 0.533. The van der Waals surface area contributed by atoms with E-state index in [0.29, 0.717) is 24.2 Å². The molecule has 1 aromatic carbocycles. The Labute approximate surface area is 234 Å². The molecule has 1 saturated heterocycles. The van der Waals surface area contributed by atoms with E-state index in [9.17, 15) is 19.6 Å². The van der Waals surface area contributed by atoms with Gasteiger partial charge < -0.3 is 19.5 Å². The Morgan fingerprint density at radius 1 is 1.20 bits per heavy atom. The molecule has 2 amide bonds. The van der Waals surface area contributed by atoms with Crippen LogP contribution in [0.5, 0.6) is 0 Å². The third kappa shape index (κ3) is 6.70. The highest BCUT2D eigenvalue weighted by Crippen LogP contribution is 2.43. The molecule has 9 nitrogen and oxygen atoms in total. The van der Waals surface area contributed by atoms with Crippen molar-refractivity contribution in [1.82, 2.24) is 19.7 Å². The van der Waals surface area contributed by atoms with E-state index in [-0.39, 0.29) is 29.5 Å². The summed E-state index contributed by atoms with van der Waals surface area (Å²) in [5.74, 6) is -0.913. The smallest absolute Gasteiger partial charge is 0.411 e. The number of ether oxygens (including phenoxy) is 1. The lowest BCUT2D eigenvalue weighted by atomic mass is 9.97. The Morgan fingerprint density at radius 2 is 1.93 bits per heavy atom. The lowest BCUT2D eigenvalue weighted by molar-refractivity contribution is -0.128. The summed E-state index contributed by atoms with van der Waals surface area (Å²) in [6, 6.07) is 8.17. The zero-order valence-corrected chi connectivity index (χ0v) is 23.8. The fourth-order valence-electron chi connectivity index (χ4n) is 5.59. The molecular weight excluding hydrogens is 513 g/mol. The molecule has 10 heteroatoms. The van der Waals surface area contributed by atoms with Crippen LogP contribution in [0.25, 0.3) is 11.1 Å². The number of hydrogen-bond donors (Lipinski definition) is 1. The number of carbonyl (C=O) groups excluding carboxylic acids is 2. The number of pyridine rings is 1. The van der Waals surface area contributed by atoms with E-state index in [2.05, 4.69) is 11.4 Å². The molecule has 2 aromatic rings. The van der Waals surface area contributed by atoms with Gasteiger partial charge in [0.15, 0.2) is 0 Å². The number of piperidine rings is 1. The fourth-order valence-corrected chi connectivity index (χ4v) is 5.59. The first-order chi connectivity index (χ1) is 18.9. The first-order valence-corrected chi connectivity index (χ1v) is 13.7. The number of fused-ring (bicyclic) bond motifs is 2. The van der Waals surface area contributed by atoms with Gasteiger partial charge in [-0.25, -0.2) is 9.18 Å². The lowest BCUT2D eigenvalue weighted by Crippen LogP contribution is -2.55. The van der Waals surface area contributed by atoms with Gasteiger partial charge in [0.2, 0.25) is 5.91 Å². The van der Waals surface area contributed by atoms with Crippen LogP contribution in [0.15, 0.2) is 41.3 Å². The van der Waals surface area contributed by atoms with Crippen molar-refractivity contribution in [2.75, 3.05) is 20.6 Å². The van der Waals surface area contributed by atoms with Crippen LogP contribution in [-0.2, 0) is 22.5 Å². The molecule has 4 atom stereocenters. The number of likely N-dealkylation sites (tertiary alicyclic amines) is 1. The average Bonchev–Trinajstić information content (AvgIpc) is 3.50. The van der Waals surface area contributed by atoms with Gasteiger partial charge >= 0.3 is 6.09 Å². The number of benzene rings is 1. The molecule has 2 aliphatic rings. The summed E-state index contributed by atoms with van der Waals surface area (Å²) in [6.45, 7) is 6.54. The zero-order valence-electron chi connectivity index (χ0n) is 23.8. The van der Waals surface area contributed by atoms with E-state index in [0.717, 1.165) is 19.3 Å². The van der Waals surface area contributed by atoms with Gasteiger partial charge in [-0.3, -0.25) is 14.5 Å². The highest BCUT2D eigenvalue weighted by atomic mass is 19.1. The molecule has 0 radical (unpaired) electrons. The second-order valence-corrected chi connectivity index (χ2v) is 12.0. The molecule has 40 heavy (non-hydrogen) atoms. The third-order valence-corrected chi connectivity index (χ3v) is 7.51. The monoisotopic (exact) mass is 551 g/mol. The number of nitrogens with zero attached hydrogens (tertiary/aromatic N) is 4. The van der Waals surface area contributed by atoms with Gasteiger partial charge in [-0.15, -0.1) is 0 Å². The van der Waals surface area contributed by atoms with E-state index in [1.807, 2.05) is 19.0 Å². The third-order valence-electron chi connectivity index (χ3n) is 7.51. The van der Waals surface area contributed by atoms with Crippen LogP contribution in [0, 0.1) is 23.1 Å². The van der Waals surface area contributed by atoms with Crippen molar-refractivity contribution in [3.8, 4) is 17.2 Å². The molecule has 1 aliphatic carbocycles. The molecule has 2 heterocycles. The van der Waals surface area contributed by atoms with Crippen LogP contribution in [0.1, 0.15) is 45.6 Å². The minimum Gasteiger partial charge on any atom is -0.444 e. The lowest BCUT2D eigenvalue weighted by Gasteiger charge is -2.35. The predicted octanol–water partition coefficient (Wildman–Crippen LogP) is 3.55. The van der Waals surface area contributed by atoms with Gasteiger partial charge in [0.25, 0.3) is 5.56 Å². The van der Waals surface area contributed by atoms with Gasteiger partial charge in [-0.1, -0.05) is 12.1 Å². The number of halogens is 1. The topological polar surface area (TPSA) is 108 Å². The largest absolute Gasteiger partial charge is 0.444 e. The molecule has 2 fully saturated rings. The molecule has 0 spiro atoms. The number of aromatic nitrogens is 1. The molecule has 214 valence electrons. The molecule has 1 aromatic heterocycles. The van der Waals surface area contributed by atoms with E-state index >= 15 is 4.39 Å². The summed E-state index contributed by atoms with van der Waals surface area (Å²) < 4.78 is 22.3. The van der Waals surface area contributed by atoms with Crippen LogP contribution in [0.4, 0.5) is 9.18 Å². The number of likely N-dealkylation sites (N-methyl/N-ethyl adjacent to an activating group) is 1. The van der Waals surface area contributed by atoms with Crippen molar-refractivity contribution in [2.45, 2.75) is 76.7 Å². The summed E-state index contributed by atoms with van der Waals surface area (Å²) in [5.41, 5.74) is 0.770. The highest BCUT2D eigenvalue weighted by molar-refractivity contribution is 5.87. The highest BCUT2D eigenvalue weighted by Gasteiger charge is 2.52. The number of nitriles is 1. The minimum atomic E-state index is -0.972. The van der Waals surface area contributed by atoms with Crippen molar-refractivity contribution in [1.29, 1.82) is 5.26 Å². The van der Waals surface area contributed by atoms with Gasteiger partial charge in [-0.2, -0.15) is 5.26 Å². The van der Waals surface area contributed by atoms with Crippen LogP contribution >= 0.6 is 0 Å². The summed E-state index contributed by atoms with van der Waals surface area (Å²) in [6.07, 6.45) is 3.54. The zero-order chi connectivity index (χ0) is 29.2. The van der Waals surface area contributed by atoms with Crippen molar-refractivity contribution >= 4 is 12.0 Å². The first kappa shape index (κ1) is 29.3. The van der Waals surface area contributed by atoms with E-state index in [1.165, 1.54) is 17.0 Å². The van der Waals surface area contributed by atoms with E-state index in [1.54, 1.807) is 49.7 Å². The molecule has 1 saturated carbocycles. The predicted molar refractivity (Wildman–Crippen MR) is 149 cm³/mol. The van der Waals surface area contributed by atoms with Crippen molar-refractivity contribution < 1.29 is 18.7 Å². The van der Waals surface area contributed by atoms with Crippen molar-refractivity contribution in [3.05, 3.63) is 58.3 Å². The molecule has 3 unspecified atom stereocenters. The number of nitrogens with one attached hydrogen (secondary N) is 1. The number of hydrogen-bond acceptors (Lipinski definition) is 6. The van der Waals surface area contributed by atoms with Crippen LogP contribution < -0.4 is 10.9 Å². The normalized spacial score (nSPS) is 20.9. The summed E-state index contributed by atoms with van der Waals surface area (Å²) in [7, 11) is 3.85. The Balaban J connectivity index is 1.45. The summed E-state index contributed by atoms with van der Waals surface area (Å²) >= 11 is 0. The van der Waals surface area contributed by atoms with Crippen LogP contribution in [0.2, 0.25) is 0 Å². The Hall–Kier alpha value is -3.71. The number of amides is 2. The Morgan fingerprint density at radius 3 is 2.58 bits per heavy atom. The molecule has 1 N–H and O–H groups in total. The maximum absolute atomic E-state index is 15.2. The van der Waals surface area contributed by atoms with E-state index in [4.69, 9.17) is 4.74 Å². The van der Waals surface area contributed by atoms with Crippen LogP contribution in [-0.4, -0.2) is 70.7 Å². The average molecular weight is 552 g/mol. The minimum absolute atomic E-state index is 0.00822. The Kier molecular flexibility index (Phi) is 8.64. The van der Waals surface area contributed by atoms with E-state index < -0.39 is 35.5 Å². The van der Waals surface area contributed by atoms with Gasteiger partial charge in [0.05, 0.1) is 6.07 Å². The Bertz CT molecular complexity index is 1360.